The van der Waals surface area contributed by atoms with Gasteiger partial charge in [-0.25, -0.2) is 4.79 Å². The highest BCUT2D eigenvalue weighted by Crippen LogP contribution is 2.37. The standard InChI is InChI=1S/C13H20N2O4/c1-8(5-12(17)18)4-11(16)14-13(19)15-7-9-2-3-10(15)6-9/h8-10H,2-7H2,1H3,(H,17,18)(H,14,16,19). The predicted molar refractivity (Wildman–Crippen MR) is 67.4 cm³/mol. The Morgan fingerprint density at radius 2 is 2.05 bits per heavy atom. The van der Waals surface area contributed by atoms with Gasteiger partial charge < -0.3 is 10.0 Å². The molecule has 1 heterocycles. The molecule has 2 bridgehead atoms. The van der Waals surface area contributed by atoms with Gasteiger partial charge in [0.1, 0.15) is 0 Å². The van der Waals surface area contributed by atoms with Crippen LogP contribution in [0.3, 0.4) is 0 Å². The third kappa shape index (κ3) is 3.45. The molecule has 2 aliphatic rings. The predicted octanol–water partition coefficient (Wildman–Crippen LogP) is 1.21. The fourth-order valence-electron chi connectivity index (χ4n) is 3.10. The summed E-state index contributed by atoms with van der Waals surface area (Å²) in [5.74, 6) is -0.984. The third-order valence-corrected chi connectivity index (χ3v) is 3.97. The third-order valence-electron chi connectivity index (χ3n) is 3.97. The zero-order chi connectivity index (χ0) is 14.0. The summed E-state index contributed by atoms with van der Waals surface area (Å²) < 4.78 is 0. The molecule has 3 unspecified atom stereocenters. The molecule has 2 fully saturated rings. The average Bonchev–Trinajstić information content (AvgIpc) is 2.88. The Labute approximate surface area is 112 Å². The van der Waals surface area contributed by atoms with Gasteiger partial charge in [-0.2, -0.15) is 0 Å². The van der Waals surface area contributed by atoms with Crippen molar-refractivity contribution >= 4 is 17.9 Å². The number of aliphatic carboxylic acids is 1. The smallest absolute Gasteiger partial charge is 0.324 e. The molecule has 106 valence electrons. The second-order valence-corrected chi connectivity index (χ2v) is 5.75. The van der Waals surface area contributed by atoms with Crippen LogP contribution in [0.2, 0.25) is 0 Å². The van der Waals surface area contributed by atoms with Crippen molar-refractivity contribution in [2.75, 3.05) is 6.54 Å². The number of fused-ring (bicyclic) bond motifs is 2. The molecule has 1 aliphatic heterocycles. The molecule has 0 spiro atoms. The number of carboxylic acids is 1. The number of carbonyl (C=O) groups excluding carboxylic acids is 2. The van der Waals surface area contributed by atoms with E-state index in [1.165, 1.54) is 6.42 Å². The van der Waals surface area contributed by atoms with E-state index in [2.05, 4.69) is 5.32 Å². The first-order chi connectivity index (χ1) is 8.95. The van der Waals surface area contributed by atoms with Gasteiger partial charge in [0.15, 0.2) is 0 Å². The van der Waals surface area contributed by atoms with Crippen LogP contribution in [0.25, 0.3) is 0 Å². The Bertz CT molecular complexity index is 396. The van der Waals surface area contributed by atoms with Gasteiger partial charge in [-0.05, 0) is 31.1 Å². The second kappa shape index (κ2) is 5.59. The van der Waals surface area contributed by atoms with Crippen molar-refractivity contribution < 1.29 is 19.5 Å². The van der Waals surface area contributed by atoms with E-state index in [4.69, 9.17) is 5.11 Å². The molecule has 0 radical (unpaired) electrons. The Hall–Kier alpha value is -1.59. The lowest BCUT2D eigenvalue weighted by Crippen LogP contribution is -2.46. The summed E-state index contributed by atoms with van der Waals surface area (Å²) in [7, 11) is 0. The summed E-state index contributed by atoms with van der Waals surface area (Å²) in [6.45, 7) is 2.43. The van der Waals surface area contributed by atoms with Gasteiger partial charge in [0.2, 0.25) is 5.91 Å². The van der Waals surface area contributed by atoms with Gasteiger partial charge in [-0.1, -0.05) is 6.92 Å². The van der Waals surface area contributed by atoms with Gasteiger partial charge >= 0.3 is 12.0 Å². The van der Waals surface area contributed by atoms with E-state index in [1.54, 1.807) is 11.8 Å². The lowest BCUT2D eigenvalue weighted by molar-refractivity contribution is -0.138. The number of hydrogen-bond donors (Lipinski definition) is 2. The second-order valence-electron chi connectivity index (χ2n) is 5.75. The summed E-state index contributed by atoms with van der Waals surface area (Å²) in [6.07, 6.45) is 3.27. The number of imide groups is 1. The van der Waals surface area contributed by atoms with Crippen LogP contribution in [-0.2, 0) is 9.59 Å². The SMILES string of the molecule is CC(CC(=O)O)CC(=O)NC(=O)N1CC2CCC1C2. The minimum Gasteiger partial charge on any atom is -0.481 e. The zero-order valence-corrected chi connectivity index (χ0v) is 11.1. The van der Waals surface area contributed by atoms with Crippen LogP contribution >= 0.6 is 0 Å². The minimum absolute atomic E-state index is 0.0595. The number of hydrogen-bond acceptors (Lipinski definition) is 3. The van der Waals surface area contributed by atoms with Gasteiger partial charge in [0.25, 0.3) is 0 Å². The summed E-state index contributed by atoms with van der Waals surface area (Å²) in [5.41, 5.74) is 0. The Kier molecular flexibility index (Phi) is 4.07. The molecule has 0 aromatic carbocycles. The molecule has 19 heavy (non-hydrogen) atoms. The van der Waals surface area contributed by atoms with Crippen molar-refractivity contribution in [2.45, 2.75) is 45.1 Å². The Morgan fingerprint density at radius 1 is 1.32 bits per heavy atom. The number of amides is 3. The first-order valence-electron chi connectivity index (χ1n) is 6.78. The normalized spacial score (nSPS) is 26.3. The van der Waals surface area contributed by atoms with Crippen LogP contribution in [0.5, 0.6) is 0 Å². The fraction of sp³-hybridized carbons (Fsp3) is 0.769. The maximum absolute atomic E-state index is 11.9. The van der Waals surface area contributed by atoms with Gasteiger partial charge in [-0.15, -0.1) is 0 Å². The Balaban J connectivity index is 1.76. The molecule has 0 aromatic rings. The number of urea groups is 1. The lowest BCUT2D eigenvalue weighted by atomic mass is 10.0. The van der Waals surface area contributed by atoms with Crippen molar-refractivity contribution in [1.29, 1.82) is 0 Å². The summed E-state index contributed by atoms with van der Waals surface area (Å²) >= 11 is 0. The summed E-state index contributed by atoms with van der Waals surface area (Å²) in [6, 6.07) is -0.0334. The maximum Gasteiger partial charge on any atom is 0.324 e. The number of likely N-dealkylation sites (tertiary alicyclic amines) is 1. The summed E-state index contributed by atoms with van der Waals surface area (Å²) in [5, 5.41) is 11.0. The molecule has 1 saturated carbocycles. The van der Waals surface area contributed by atoms with Crippen LogP contribution in [-0.4, -0.2) is 40.5 Å². The Morgan fingerprint density at radius 3 is 2.58 bits per heavy atom. The number of nitrogens with zero attached hydrogens (tertiary/aromatic N) is 1. The molecule has 3 amide bonds. The number of rotatable bonds is 4. The number of nitrogens with one attached hydrogen (secondary N) is 1. The van der Waals surface area contributed by atoms with E-state index >= 15 is 0 Å². The first-order valence-corrected chi connectivity index (χ1v) is 6.78. The van der Waals surface area contributed by atoms with Crippen LogP contribution < -0.4 is 5.32 Å². The van der Waals surface area contributed by atoms with E-state index in [9.17, 15) is 14.4 Å². The summed E-state index contributed by atoms with van der Waals surface area (Å²) in [4.78, 5) is 35.8. The van der Waals surface area contributed by atoms with E-state index in [1.807, 2.05) is 0 Å². The average molecular weight is 268 g/mol. The molecule has 0 aromatic heterocycles. The van der Waals surface area contributed by atoms with Crippen molar-refractivity contribution in [3.05, 3.63) is 0 Å². The van der Waals surface area contributed by atoms with Gasteiger partial charge in [-0.3, -0.25) is 14.9 Å². The van der Waals surface area contributed by atoms with E-state index in [-0.39, 0.29) is 36.7 Å². The van der Waals surface area contributed by atoms with Gasteiger partial charge in [0, 0.05) is 25.4 Å². The number of carbonyl (C=O) groups is 3. The molecule has 1 aliphatic carbocycles. The van der Waals surface area contributed by atoms with Crippen LogP contribution in [0.4, 0.5) is 4.79 Å². The van der Waals surface area contributed by atoms with Crippen molar-refractivity contribution in [1.82, 2.24) is 10.2 Å². The molecule has 6 heteroatoms. The van der Waals surface area contributed by atoms with Gasteiger partial charge in [0.05, 0.1) is 0 Å². The van der Waals surface area contributed by atoms with E-state index < -0.39 is 5.97 Å². The molecular weight excluding hydrogens is 248 g/mol. The van der Waals surface area contributed by atoms with Crippen LogP contribution in [0.15, 0.2) is 0 Å². The monoisotopic (exact) mass is 268 g/mol. The molecule has 3 atom stereocenters. The molecule has 2 rings (SSSR count). The highest BCUT2D eigenvalue weighted by atomic mass is 16.4. The molecule has 2 N–H and O–H groups in total. The minimum atomic E-state index is -0.927. The highest BCUT2D eigenvalue weighted by molar-refractivity contribution is 5.94. The zero-order valence-electron chi connectivity index (χ0n) is 11.1. The maximum atomic E-state index is 11.9. The largest absolute Gasteiger partial charge is 0.481 e. The first kappa shape index (κ1) is 13.8. The van der Waals surface area contributed by atoms with Crippen LogP contribution in [0.1, 0.15) is 39.0 Å². The quantitative estimate of drug-likeness (QED) is 0.802. The van der Waals surface area contributed by atoms with Crippen molar-refractivity contribution in [2.24, 2.45) is 11.8 Å². The molecule has 1 saturated heterocycles. The lowest BCUT2D eigenvalue weighted by Gasteiger charge is -2.26. The topological polar surface area (TPSA) is 86.7 Å². The van der Waals surface area contributed by atoms with E-state index in [0.717, 1.165) is 19.4 Å². The molecule has 6 nitrogen and oxygen atoms in total. The highest BCUT2D eigenvalue weighted by Gasteiger charge is 2.40. The number of carboxylic acid groups (broad SMARTS) is 1. The molecular formula is C13H20N2O4. The van der Waals surface area contributed by atoms with Crippen molar-refractivity contribution in [3.8, 4) is 0 Å². The number of piperidine rings is 1. The van der Waals surface area contributed by atoms with E-state index in [0.29, 0.717) is 5.92 Å². The van der Waals surface area contributed by atoms with Crippen LogP contribution in [0, 0.1) is 11.8 Å². The fourth-order valence-corrected chi connectivity index (χ4v) is 3.10. The van der Waals surface area contributed by atoms with Crippen molar-refractivity contribution in [3.63, 3.8) is 0 Å².